The fourth-order valence-electron chi connectivity index (χ4n) is 2.90. The van der Waals surface area contributed by atoms with Gasteiger partial charge in [0, 0.05) is 35.4 Å². The van der Waals surface area contributed by atoms with Gasteiger partial charge in [0.2, 0.25) is 5.91 Å². The van der Waals surface area contributed by atoms with E-state index >= 15 is 0 Å². The van der Waals surface area contributed by atoms with Gasteiger partial charge in [-0.05, 0) is 32.5 Å². The van der Waals surface area contributed by atoms with Crippen LogP contribution in [0.2, 0.25) is 0 Å². The summed E-state index contributed by atoms with van der Waals surface area (Å²) in [6.45, 7) is 2.69. The summed E-state index contributed by atoms with van der Waals surface area (Å²) >= 11 is 0. The third-order valence-electron chi connectivity index (χ3n) is 4.22. The molecule has 1 aromatic rings. The Morgan fingerprint density at radius 3 is 2.77 bits per heavy atom. The van der Waals surface area contributed by atoms with Crippen LogP contribution in [0.4, 0.5) is 5.69 Å². The highest BCUT2D eigenvalue weighted by molar-refractivity contribution is 7.84. The van der Waals surface area contributed by atoms with Crippen molar-refractivity contribution in [3.63, 3.8) is 0 Å². The Balaban J connectivity index is 2.14. The van der Waals surface area contributed by atoms with Crippen molar-refractivity contribution in [2.24, 2.45) is 0 Å². The lowest BCUT2D eigenvalue weighted by atomic mass is 10.2. The van der Waals surface area contributed by atoms with Crippen molar-refractivity contribution < 1.29 is 13.7 Å². The Kier molecular flexibility index (Phi) is 5.58. The molecule has 1 aliphatic rings. The number of methoxy groups -OCH3 is 1. The number of ether oxygens (including phenoxy) is 1. The molecule has 122 valence electrons. The molecule has 5 nitrogen and oxygen atoms in total. The van der Waals surface area contributed by atoms with Gasteiger partial charge >= 0.3 is 0 Å². The molecule has 1 amide bonds. The maximum atomic E-state index is 12.8. The van der Waals surface area contributed by atoms with Gasteiger partial charge in [-0.2, -0.15) is 0 Å². The minimum atomic E-state index is -0.864. The minimum Gasteiger partial charge on any atom is -0.495 e. The molecule has 1 fully saturated rings. The molecule has 1 heterocycles. The average molecular weight is 324 g/mol. The summed E-state index contributed by atoms with van der Waals surface area (Å²) in [5.74, 6) is 1.37. The predicted octanol–water partition coefficient (Wildman–Crippen LogP) is 1.50. The summed E-state index contributed by atoms with van der Waals surface area (Å²) in [5.41, 5.74) is 0.817. The molecule has 3 unspecified atom stereocenters. The molecule has 1 aromatic carbocycles. The summed E-state index contributed by atoms with van der Waals surface area (Å²) < 4.78 is 16.8. The molecular weight excluding hydrogens is 300 g/mol. The first kappa shape index (κ1) is 17.0. The van der Waals surface area contributed by atoms with Gasteiger partial charge in [0.05, 0.1) is 18.8 Å². The van der Waals surface area contributed by atoms with Gasteiger partial charge in [-0.15, -0.1) is 0 Å². The highest BCUT2D eigenvalue weighted by Gasteiger charge is 2.37. The summed E-state index contributed by atoms with van der Waals surface area (Å²) in [5, 5.41) is 0. The zero-order valence-electron chi connectivity index (χ0n) is 13.6. The lowest BCUT2D eigenvalue weighted by Crippen LogP contribution is -2.45. The minimum absolute atomic E-state index is 0.0840. The van der Waals surface area contributed by atoms with E-state index < -0.39 is 10.8 Å². The fourth-order valence-corrected chi connectivity index (χ4v) is 3.81. The SMILES string of the molecule is COc1ccccc1N1CCC(N(C)C(C)CS(C)=O)C1=O. The monoisotopic (exact) mass is 324 g/mol. The van der Waals surface area contributed by atoms with Gasteiger partial charge < -0.3 is 9.64 Å². The largest absolute Gasteiger partial charge is 0.495 e. The van der Waals surface area contributed by atoms with E-state index in [1.807, 2.05) is 43.1 Å². The number of nitrogens with zero attached hydrogens (tertiary/aromatic N) is 2. The topological polar surface area (TPSA) is 49.9 Å². The molecular formula is C16H24N2O3S. The molecule has 0 aromatic heterocycles. The second-order valence-electron chi connectivity index (χ2n) is 5.72. The van der Waals surface area contributed by atoms with Crippen molar-refractivity contribution >= 4 is 22.4 Å². The van der Waals surface area contributed by atoms with Gasteiger partial charge in [-0.3, -0.25) is 13.9 Å². The van der Waals surface area contributed by atoms with E-state index in [2.05, 4.69) is 0 Å². The maximum Gasteiger partial charge on any atom is 0.244 e. The Bertz CT molecular complexity index is 564. The van der Waals surface area contributed by atoms with Gasteiger partial charge in [-0.25, -0.2) is 0 Å². The lowest BCUT2D eigenvalue weighted by Gasteiger charge is -2.29. The van der Waals surface area contributed by atoms with Crippen LogP contribution in [-0.2, 0) is 15.6 Å². The number of para-hydroxylation sites is 2. The van der Waals surface area contributed by atoms with Crippen molar-refractivity contribution in [2.45, 2.75) is 25.4 Å². The van der Waals surface area contributed by atoms with Gasteiger partial charge in [0.1, 0.15) is 5.75 Å². The molecule has 1 aliphatic heterocycles. The molecule has 0 bridgehead atoms. The van der Waals surface area contributed by atoms with Crippen LogP contribution in [-0.4, -0.2) is 59.8 Å². The lowest BCUT2D eigenvalue weighted by molar-refractivity contribution is -0.121. The van der Waals surface area contributed by atoms with Crippen molar-refractivity contribution in [1.29, 1.82) is 0 Å². The predicted molar refractivity (Wildman–Crippen MR) is 89.9 cm³/mol. The van der Waals surface area contributed by atoms with Gasteiger partial charge in [0.15, 0.2) is 0 Å². The van der Waals surface area contributed by atoms with Crippen LogP contribution in [0.3, 0.4) is 0 Å². The zero-order valence-corrected chi connectivity index (χ0v) is 14.4. The van der Waals surface area contributed by atoms with E-state index in [1.54, 1.807) is 18.3 Å². The van der Waals surface area contributed by atoms with E-state index in [1.165, 1.54) is 0 Å². The van der Waals surface area contributed by atoms with Crippen LogP contribution in [0.15, 0.2) is 24.3 Å². The molecule has 0 N–H and O–H groups in total. The highest BCUT2D eigenvalue weighted by atomic mass is 32.2. The van der Waals surface area contributed by atoms with Crippen LogP contribution in [0.1, 0.15) is 13.3 Å². The molecule has 1 saturated heterocycles. The molecule has 22 heavy (non-hydrogen) atoms. The third kappa shape index (κ3) is 3.50. The standard InChI is InChI=1S/C16H24N2O3S/c1-12(11-22(4)20)17(2)14-9-10-18(16(14)19)13-7-5-6-8-15(13)21-3/h5-8,12,14H,9-11H2,1-4H3. The normalized spacial score (nSPS) is 21.2. The second kappa shape index (κ2) is 7.24. The van der Waals surface area contributed by atoms with E-state index in [-0.39, 0.29) is 18.0 Å². The van der Waals surface area contributed by atoms with Crippen molar-refractivity contribution in [3.05, 3.63) is 24.3 Å². The third-order valence-corrected chi connectivity index (χ3v) is 5.17. The van der Waals surface area contributed by atoms with Gasteiger partial charge in [-0.1, -0.05) is 12.1 Å². The molecule has 0 spiro atoms. The Morgan fingerprint density at radius 2 is 2.14 bits per heavy atom. The summed E-state index contributed by atoms with van der Waals surface area (Å²) in [4.78, 5) is 16.6. The van der Waals surface area contributed by atoms with Crippen molar-refractivity contribution in [1.82, 2.24) is 4.90 Å². The quantitative estimate of drug-likeness (QED) is 0.796. The number of rotatable bonds is 6. The molecule has 2 rings (SSSR count). The molecule has 3 atom stereocenters. The van der Waals surface area contributed by atoms with Crippen LogP contribution < -0.4 is 9.64 Å². The fraction of sp³-hybridized carbons (Fsp3) is 0.562. The van der Waals surface area contributed by atoms with Crippen LogP contribution in [0.5, 0.6) is 5.75 Å². The smallest absolute Gasteiger partial charge is 0.244 e. The van der Waals surface area contributed by atoms with E-state index in [4.69, 9.17) is 4.74 Å². The van der Waals surface area contributed by atoms with Crippen LogP contribution in [0, 0.1) is 0 Å². The van der Waals surface area contributed by atoms with Gasteiger partial charge in [0.25, 0.3) is 0 Å². The first-order valence-electron chi connectivity index (χ1n) is 7.42. The summed E-state index contributed by atoms with van der Waals surface area (Å²) in [6.07, 6.45) is 2.47. The number of hydrogen-bond acceptors (Lipinski definition) is 4. The number of carbonyl (C=O) groups excluding carboxylic acids is 1. The Labute approximate surface area is 134 Å². The van der Waals surface area contributed by atoms with Crippen molar-refractivity contribution in [3.8, 4) is 5.75 Å². The van der Waals surface area contributed by atoms with E-state index in [0.717, 1.165) is 12.1 Å². The Hall–Kier alpha value is -1.40. The summed E-state index contributed by atoms with van der Waals surface area (Å²) in [7, 11) is 2.69. The molecule has 0 radical (unpaired) electrons. The summed E-state index contributed by atoms with van der Waals surface area (Å²) in [6, 6.07) is 7.52. The molecule has 6 heteroatoms. The number of likely N-dealkylation sites (N-methyl/N-ethyl adjacent to an activating group) is 1. The van der Waals surface area contributed by atoms with Crippen molar-refractivity contribution in [2.75, 3.05) is 37.6 Å². The second-order valence-corrected chi connectivity index (χ2v) is 7.20. The number of hydrogen-bond donors (Lipinski definition) is 0. The average Bonchev–Trinajstić information content (AvgIpc) is 2.87. The number of anilines is 1. The molecule has 0 saturated carbocycles. The number of carbonyl (C=O) groups is 1. The van der Waals surface area contributed by atoms with Crippen LogP contribution >= 0.6 is 0 Å². The first-order chi connectivity index (χ1) is 10.5. The zero-order chi connectivity index (χ0) is 16.3. The van der Waals surface area contributed by atoms with E-state index in [9.17, 15) is 9.00 Å². The number of benzene rings is 1. The number of amides is 1. The maximum absolute atomic E-state index is 12.8. The highest BCUT2D eigenvalue weighted by Crippen LogP contribution is 2.32. The van der Waals surface area contributed by atoms with E-state index in [0.29, 0.717) is 18.0 Å². The first-order valence-corrected chi connectivity index (χ1v) is 9.14. The Morgan fingerprint density at radius 1 is 1.45 bits per heavy atom. The van der Waals surface area contributed by atoms with Crippen LogP contribution in [0.25, 0.3) is 0 Å². The molecule has 0 aliphatic carbocycles.